The number of H-pyrrole nitrogens is 1. The monoisotopic (exact) mass is 487 g/mol. The van der Waals surface area contributed by atoms with Crippen molar-refractivity contribution in [3.63, 3.8) is 0 Å². The highest BCUT2D eigenvalue weighted by Gasteiger charge is 2.29. The van der Waals surface area contributed by atoms with Gasteiger partial charge in [0.1, 0.15) is 17.7 Å². The third-order valence-corrected chi connectivity index (χ3v) is 6.18. The first kappa shape index (κ1) is 22.8. The average molecular weight is 488 g/mol. The summed E-state index contributed by atoms with van der Waals surface area (Å²) >= 11 is 6.08. The maximum Gasteiger partial charge on any atom is 0.321 e. The normalized spacial score (nSPS) is 14.6. The number of urea groups is 1. The van der Waals surface area contributed by atoms with Crippen molar-refractivity contribution in [3.8, 4) is 0 Å². The van der Waals surface area contributed by atoms with Crippen molar-refractivity contribution in [2.75, 3.05) is 36.4 Å². The zero-order chi connectivity index (χ0) is 23.2. The molecular weight excluding hydrogens is 465 g/mol. The number of hydrogen-bond acceptors (Lipinski definition) is 7. The van der Waals surface area contributed by atoms with Crippen LogP contribution in [0.15, 0.2) is 48.7 Å². The van der Waals surface area contributed by atoms with E-state index in [4.69, 9.17) is 12.2 Å². The van der Waals surface area contributed by atoms with Crippen LogP contribution in [-0.2, 0) is 11.2 Å². The minimum Gasteiger partial charge on any atom is -0.353 e. The van der Waals surface area contributed by atoms with Gasteiger partial charge < -0.3 is 15.1 Å². The van der Waals surface area contributed by atoms with Gasteiger partial charge in [0.05, 0.1) is 0 Å². The van der Waals surface area contributed by atoms with Crippen LogP contribution in [0.5, 0.6) is 0 Å². The smallest absolute Gasteiger partial charge is 0.321 e. The number of carbonyl (C=O) groups is 2. The van der Waals surface area contributed by atoms with E-state index in [9.17, 15) is 14.0 Å². The summed E-state index contributed by atoms with van der Waals surface area (Å²) in [6.45, 7) is 2.27. The minimum absolute atomic E-state index is 0.204. The van der Waals surface area contributed by atoms with E-state index in [1.807, 2.05) is 18.2 Å². The number of aromatic nitrogens is 3. The summed E-state index contributed by atoms with van der Waals surface area (Å²) in [4.78, 5) is 34.1. The number of nitrogens with one attached hydrogen (secondary N) is 3. The van der Waals surface area contributed by atoms with Gasteiger partial charge in [-0.3, -0.25) is 15.2 Å². The van der Waals surface area contributed by atoms with Gasteiger partial charge in [-0.25, -0.2) is 14.2 Å². The molecule has 2 aromatic heterocycles. The van der Waals surface area contributed by atoms with E-state index in [1.165, 1.54) is 12.1 Å². The van der Waals surface area contributed by atoms with Crippen LogP contribution in [0, 0.1) is 9.77 Å². The number of piperazine rings is 1. The van der Waals surface area contributed by atoms with Gasteiger partial charge in [0.25, 0.3) is 0 Å². The Balaban J connectivity index is 1.43. The van der Waals surface area contributed by atoms with E-state index in [2.05, 4.69) is 30.7 Å². The summed E-state index contributed by atoms with van der Waals surface area (Å²) < 4.78 is 13.7. The lowest BCUT2D eigenvalue weighted by molar-refractivity contribution is -0.133. The maximum atomic E-state index is 13.3. The zero-order valence-electron chi connectivity index (χ0n) is 17.5. The molecule has 4 rings (SSSR count). The van der Waals surface area contributed by atoms with Gasteiger partial charge >= 0.3 is 6.03 Å². The number of nitrogens with zero attached hydrogens (tertiary/aromatic N) is 4. The van der Waals surface area contributed by atoms with Crippen molar-refractivity contribution in [1.82, 2.24) is 25.4 Å². The fraction of sp³-hybridized carbons (Fsp3) is 0.286. The second-order valence-electron chi connectivity index (χ2n) is 7.40. The SMILES string of the molecule is O=C(Nc1n[nH]c(=S)s1)N[C@@H](Cc1ccc(F)cc1)C(=O)N1CCN(c2ccccn2)CC1. The van der Waals surface area contributed by atoms with Crippen LogP contribution < -0.4 is 15.5 Å². The number of hydrogen-bond donors (Lipinski definition) is 3. The summed E-state index contributed by atoms with van der Waals surface area (Å²) in [5, 5.41) is 12.1. The number of pyridine rings is 1. The van der Waals surface area contributed by atoms with Crippen LogP contribution in [0.25, 0.3) is 0 Å². The largest absolute Gasteiger partial charge is 0.353 e. The highest BCUT2D eigenvalue weighted by Crippen LogP contribution is 2.15. The van der Waals surface area contributed by atoms with Gasteiger partial charge in [-0.15, -0.1) is 5.10 Å². The molecular formula is C21H22FN7O2S2. The molecule has 3 amide bonds. The second-order valence-corrected chi connectivity index (χ2v) is 9.07. The first-order valence-corrected chi connectivity index (χ1v) is 11.5. The zero-order valence-corrected chi connectivity index (χ0v) is 19.2. The summed E-state index contributed by atoms with van der Waals surface area (Å²) in [5.74, 6) is 0.300. The Morgan fingerprint density at radius 1 is 1.15 bits per heavy atom. The lowest BCUT2D eigenvalue weighted by Crippen LogP contribution is -2.56. The highest BCUT2D eigenvalue weighted by atomic mass is 32.1. The van der Waals surface area contributed by atoms with Gasteiger partial charge in [-0.2, -0.15) is 0 Å². The van der Waals surface area contributed by atoms with Crippen LogP contribution in [-0.4, -0.2) is 64.2 Å². The van der Waals surface area contributed by atoms with E-state index in [0.29, 0.717) is 35.3 Å². The lowest BCUT2D eigenvalue weighted by Gasteiger charge is -2.37. The van der Waals surface area contributed by atoms with Crippen molar-refractivity contribution in [2.24, 2.45) is 0 Å². The second kappa shape index (κ2) is 10.5. The Hall–Kier alpha value is -3.38. The number of aromatic amines is 1. The van der Waals surface area contributed by atoms with E-state index in [1.54, 1.807) is 23.2 Å². The molecule has 172 valence electrons. The molecule has 3 N–H and O–H groups in total. The predicted molar refractivity (Wildman–Crippen MR) is 126 cm³/mol. The number of benzene rings is 1. The van der Waals surface area contributed by atoms with Gasteiger partial charge in [-0.05, 0) is 42.0 Å². The van der Waals surface area contributed by atoms with Crippen LogP contribution >= 0.6 is 23.6 Å². The van der Waals surface area contributed by atoms with Crippen molar-refractivity contribution < 1.29 is 14.0 Å². The average Bonchev–Trinajstić information content (AvgIpc) is 3.24. The van der Waals surface area contributed by atoms with Crippen LogP contribution in [0.4, 0.5) is 20.1 Å². The molecule has 9 nitrogen and oxygen atoms in total. The van der Waals surface area contributed by atoms with Gasteiger partial charge in [0, 0.05) is 38.8 Å². The molecule has 0 saturated carbocycles. The van der Waals surface area contributed by atoms with Crippen LogP contribution in [0.2, 0.25) is 0 Å². The van der Waals surface area contributed by atoms with Gasteiger partial charge in [0.2, 0.25) is 11.0 Å². The molecule has 3 aromatic rings. The molecule has 1 aliphatic heterocycles. The molecule has 0 radical (unpaired) electrons. The molecule has 0 aliphatic carbocycles. The third kappa shape index (κ3) is 6.11. The summed E-state index contributed by atoms with van der Waals surface area (Å²) in [6, 6.07) is 10.2. The summed E-state index contributed by atoms with van der Waals surface area (Å²) in [7, 11) is 0. The summed E-state index contributed by atoms with van der Waals surface area (Å²) in [6.07, 6.45) is 1.96. The van der Waals surface area contributed by atoms with Crippen molar-refractivity contribution in [2.45, 2.75) is 12.5 Å². The molecule has 1 fully saturated rings. The fourth-order valence-electron chi connectivity index (χ4n) is 3.55. The maximum absolute atomic E-state index is 13.3. The lowest BCUT2D eigenvalue weighted by atomic mass is 10.0. The number of halogens is 1. The minimum atomic E-state index is -0.830. The van der Waals surface area contributed by atoms with Gasteiger partial charge in [-0.1, -0.05) is 29.5 Å². The third-order valence-electron chi connectivity index (χ3n) is 5.18. The Morgan fingerprint density at radius 3 is 2.55 bits per heavy atom. The Bertz CT molecular complexity index is 1150. The number of carbonyl (C=O) groups excluding carboxylic acids is 2. The number of rotatable bonds is 6. The van der Waals surface area contributed by atoms with Crippen molar-refractivity contribution in [1.29, 1.82) is 0 Å². The molecule has 1 atom stereocenters. The highest BCUT2D eigenvalue weighted by molar-refractivity contribution is 7.73. The first-order chi connectivity index (χ1) is 16.0. The Labute approximate surface area is 198 Å². The van der Waals surface area contributed by atoms with Crippen LogP contribution in [0.3, 0.4) is 0 Å². The molecule has 33 heavy (non-hydrogen) atoms. The molecule has 1 saturated heterocycles. The van der Waals surface area contributed by atoms with E-state index >= 15 is 0 Å². The van der Waals surface area contributed by atoms with Crippen molar-refractivity contribution in [3.05, 3.63) is 64.0 Å². The Morgan fingerprint density at radius 2 is 1.91 bits per heavy atom. The van der Waals surface area contributed by atoms with Gasteiger partial charge in [0.15, 0.2) is 3.95 Å². The fourth-order valence-corrected chi connectivity index (χ4v) is 4.33. The number of anilines is 2. The molecule has 0 spiro atoms. The molecule has 3 heterocycles. The van der Waals surface area contributed by atoms with E-state index in [0.717, 1.165) is 22.7 Å². The first-order valence-electron chi connectivity index (χ1n) is 10.3. The molecule has 1 aliphatic rings. The van der Waals surface area contributed by atoms with E-state index < -0.39 is 12.1 Å². The van der Waals surface area contributed by atoms with Crippen molar-refractivity contribution >= 4 is 46.4 Å². The quantitative estimate of drug-likeness (QED) is 0.462. The topological polar surface area (TPSA) is 106 Å². The summed E-state index contributed by atoms with van der Waals surface area (Å²) in [5.41, 5.74) is 0.734. The van der Waals surface area contributed by atoms with E-state index in [-0.39, 0.29) is 18.1 Å². The predicted octanol–water partition coefficient (Wildman–Crippen LogP) is 2.82. The van der Waals surface area contributed by atoms with Crippen LogP contribution in [0.1, 0.15) is 5.56 Å². The molecule has 0 bridgehead atoms. The standard InChI is InChI=1S/C21H22FN7O2S2/c22-15-6-4-14(5-7-15)13-16(24-19(31)25-20-26-27-21(32)33-20)18(30)29-11-9-28(10-12-29)17-3-1-2-8-23-17/h1-8,16H,9-13H2,(H,27,32)(H2,24,25,26,31)/t16-/m0/s1. The molecule has 1 aromatic carbocycles. The molecule has 0 unspecified atom stereocenters. The Kier molecular flexibility index (Phi) is 7.25. The molecule has 12 heteroatoms. The number of amides is 3.